The fraction of sp³-hybridized carbons (Fsp3) is 0.190. The summed E-state index contributed by atoms with van der Waals surface area (Å²) in [5.41, 5.74) is 3.96. The summed E-state index contributed by atoms with van der Waals surface area (Å²) in [6.07, 6.45) is 3.53. The third-order valence-electron chi connectivity index (χ3n) is 4.42. The molecule has 4 nitrogen and oxygen atoms in total. The Morgan fingerprint density at radius 3 is 2.72 bits per heavy atom. The van der Waals surface area contributed by atoms with Gasteiger partial charge >= 0.3 is 5.63 Å². The number of hydrogen-bond acceptors (Lipinski definition) is 4. The first kappa shape index (κ1) is 15.5. The molecule has 25 heavy (non-hydrogen) atoms. The second-order valence-electron chi connectivity index (χ2n) is 6.07. The van der Waals surface area contributed by atoms with Gasteiger partial charge in [0.25, 0.3) is 0 Å². The molecular formula is C21H18O4. The van der Waals surface area contributed by atoms with Crippen LogP contribution in [0, 0.1) is 0 Å². The first-order valence-electron chi connectivity index (χ1n) is 8.32. The molecule has 0 fully saturated rings. The molecule has 2 heterocycles. The molecule has 2 aromatic carbocycles. The minimum atomic E-state index is -0.324. The van der Waals surface area contributed by atoms with Crippen molar-refractivity contribution in [3.63, 3.8) is 0 Å². The average Bonchev–Trinajstić information content (AvgIpc) is 3.03. The summed E-state index contributed by atoms with van der Waals surface area (Å²) in [5, 5.41) is 1.95. The minimum absolute atomic E-state index is 0.324. The minimum Gasteiger partial charge on any atom is -0.497 e. The van der Waals surface area contributed by atoms with Crippen molar-refractivity contribution < 1.29 is 13.6 Å². The highest BCUT2D eigenvalue weighted by atomic mass is 16.5. The predicted octanol–water partition coefficient (Wildman–Crippen LogP) is 5.17. The molecule has 0 amide bonds. The lowest BCUT2D eigenvalue weighted by Gasteiger charge is -2.06. The van der Waals surface area contributed by atoms with E-state index in [1.165, 1.54) is 0 Å². The Balaban J connectivity index is 1.98. The normalized spacial score (nSPS) is 11.3. The lowest BCUT2D eigenvalue weighted by molar-refractivity contribution is 0.415. The topological polar surface area (TPSA) is 52.6 Å². The van der Waals surface area contributed by atoms with E-state index in [9.17, 15) is 4.79 Å². The maximum absolute atomic E-state index is 11.8. The fourth-order valence-corrected chi connectivity index (χ4v) is 3.24. The molecule has 4 heteroatoms. The Kier molecular flexibility index (Phi) is 3.80. The van der Waals surface area contributed by atoms with E-state index >= 15 is 0 Å². The fourth-order valence-electron chi connectivity index (χ4n) is 3.24. The van der Waals surface area contributed by atoms with Crippen LogP contribution in [0.25, 0.3) is 33.1 Å². The van der Waals surface area contributed by atoms with Crippen molar-refractivity contribution in [3.8, 4) is 16.9 Å². The molecule has 0 unspecified atom stereocenters. The largest absolute Gasteiger partial charge is 0.497 e. The van der Waals surface area contributed by atoms with Crippen molar-refractivity contribution >= 4 is 21.9 Å². The van der Waals surface area contributed by atoms with Crippen LogP contribution < -0.4 is 10.4 Å². The molecule has 2 aromatic heterocycles. The summed E-state index contributed by atoms with van der Waals surface area (Å²) in [7, 11) is 1.65. The lowest BCUT2D eigenvalue weighted by Crippen LogP contribution is -2.00. The number of hydrogen-bond donors (Lipinski definition) is 0. The van der Waals surface area contributed by atoms with E-state index in [2.05, 4.69) is 13.0 Å². The SMILES string of the molecule is CCCc1cc(=O)oc2cc3occ(-c4cccc(OC)c4)c3cc12. The molecule has 0 saturated heterocycles. The molecule has 4 aromatic rings. The van der Waals surface area contributed by atoms with Gasteiger partial charge in [-0.1, -0.05) is 25.5 Å². The Hall–Kier alpha value is -3.01. The highest BCUT2D eigenvalue weighted by Crippen LogP contribution is 2.35. The van der Waals surface area contributed by atoms with E-state index in [0.29, 0.717) is 11.2 Å². The van der Waals surface area contributed by atoms with Gasteiger partial charge in [0.1, 0.15) is 16.9 Å². The number of ether oxygens (including phenoxy) is 1. The third kappa shape index (κ3) is 2.70. The molecule has 0 bridgehead atoms. The lowest BCUT2D eigenvalue weighted by atomic mass is 10.0. The van der Waals surface area contributed by atoms with Gasteiger partial charge in [-0.15, -0.1) is 0 Å². The molecule has 0 atom stereocenters. The first-order valence-corrected chi connectivity index (χ1v) is 8.32. The number of rotatable bonds is 4. The van der Waals surface area contributed by atoms with Gasteiger partial charge < -0.3 is 13.6 Å². The van der Waals surface area contributed by atoms with Crippen molar-refractivity contribution in [1.29, 1.82) is 0 Å². The monoisotopic (exact) mass is 334 g/mol. The van der Waals surface area contributed by atoms with Gasteiger partial charge in [0.2, 0.25) is 0 Å². The smallest absolute Gasteiger partial charge is 0.336 e. The zero-order valence-corrected chi connectivity index (χ0v) is 14.2. The molecule has 126 valence electrons. The Bertz CT molecular complexity index is 1120. The Morgan fingerprint density at radius 1 is 1.04 bits per heavy atom. The second-order valence-corrected chi connectivity index (χ2v) is 6.07. The van der Waals surface area contributed by atoms with Crippen LogP contribution >= 0.6 is 0 Å². The number of methoxy groups -OCH3 is 1. The standard InChI is InChI=1S/C21H18O4/c1-3-5-13-9-21(22)25-20-11-19-17(10-16(13)20)18(12-24-19)14-6-4-7-15(8-14)23-2/h4,6-12H,3,5H2,1-2H3. The summed E-state index contributed by atoms with van der Waals surface area (Å²) in [6, 6.07) is 13.3. The molecule has 0 N–H and O–H groups in total. The predicted molar refractivity (Wildman–Crippen MR) is 98.2 cm³/mol. The van der Waals surface area contributed by atoms with E-state index < -0.39 is 0 Å². The highest BCUT2D eigenvalue weighted by Gasteiger charge is 2.13. The van der Waals surface area contributed by atoms with Crippen LogP contribution in [0.4, 0.5) is 0 Å². The van der Waals surface area contributed by atoms with Crippen molar-refractivity contribution in [3.05, 3.63) is 64.7 Å². The van der Waals surface area contributed by atoms with Crippen LogP contribution in [-0.2, 0) is 6.42 Å². The van der Waals surface area contributed by atoms with Crippen LogP contribution in [0.3, 0.4) is 0 Å². The molecule has 4 rings (SSSR count). The summed E-state index contributed by atoms with van der Waals surface area (Å²) >= 11 is 0. The number of aryl methyl sites for hydroxylation is 1. The molecule has 0 spiro atoms. The summed E-state index contributed by atoms with van der Waals surface area (Å²) in [4.78, 5) is 11.8. The van der Waals surface area contributed by atoms with E-state index in [0.717, 1.165) is 46.1 Å². The molecule has 0 radical (unpaired) electrons. The molecule has 0 aliphatic heterocycles. The number of fused-ring (bicyclic) bond motifs is 2. The maximum Gasteiger partial charge on any atom is 0.336 e. The molecule has 0 aliphatic rings. The van der Waals surface area contributed by atoms with E-state index in [1.807, 2.05) is 24.3 Å². The summed E-state index contributed by atoms with van der Waals surface area (Å²) in [5.74, 6) is 0.797. The summed E-state index contributed by atoms with van der Waals surface area (Å²) in [6.45, 7) is 2.10. The molecule has 0 saturated carbocycles. The first-order chi connectivity index (χ1) is 12.2. The van der Waals surface area contributed by atoms with Gasteiger partial charge in [0, 0.05) is 28.5 Å². The van der Waals surface area contributed by atoms with Gasteiger partial charge in [-0.2, -0.15) is 0 Å². The summed E-state index contributed by atoms with van der Waals surface area (Å²) < 4.78 is 16.4. The van der Waals surface area contributed by atoms with Crippen LogP contribution in [0.2, 0.25) is 0 Å². The molecular weight excluding hydrogens is 316 g/mol. The van der Waals surface area contributed by atoms with Crippen LogP contribution in [0.1, 0.15) is 18.9 Å². The maximum atomic E-state index is 11.8. The van der Waals surface area contributed by atoms with Crippen molar-refractivity contribution in [2.24, 2.45) is 0 Å². The van der Waals surface area contributed by atoms with Crippen LogP contribution in [0.5, 0.6) is 5.75 Å². The van der Waals surface area contributed by atoms with Crippen molar-refractivity contribution in [2.45, 2.75) is 19.8 Å². The third-order valence-corrected chi connectivity index (χ3v) is 4.42. The zero-order chi connectivity index (χ0) is 17.4. The van der Waals surface area contributed by atoms with Gasteiger partial charge in [-0.05, 0) is 35.7 Å². The van der Waals surface area contributed by atoms with Crippen LogP contribution in [0.15, 0.2) is 62.4 Å². The van der Waals surface area contributed by atoms with Gasteiger partial charge in [-0.3, -0.25) is 0 Å². The number of benzene rings is 2. The van der Waals surface area contributed by atoms with Gasteiger partial charge in [0.05, 0.1) is 13.4 Å². The zero-order valence-electron chi connectivity index (χ0n) is 14.2. The highest BCUT2D eigenvalue weighted by molar-refractivity contribution is 6.02. The van der Waals surface area contributed by atoms with E-state index in [4.69, 9.17) is 13.6 Å². The van der Waals surface area contributed by atoms with Gasteiger partial charge in [0.15, 0.2) is 0 Å². The van der Waals surface area contributed by atoms with Crippen LogP contribution in [-0.4, -0.2) is 7.11 Å². The quantitative estimate of drug-likeness (QED) is 0.483. The number of furan rings is 1. The average molecular weight is 334 g/mol. The van der Waals surface area contributed by atoms with Crippen molar-refractivity contribution in [1.82, 2.24) is 0 Å². The Labute approximate surface area is 144 Å². The second kappa shape index (κ2) is 6.13. The Morgan fingerprint density at radius 2 is 1.92 bits per heavy atom. The van der Waals surface area contributed by atoms with E-state index in [-0.39, 0.29) is 5.63 Å². The van der Waals surface area contributed by atoms with Crippen molar-refractivity contribution in [2.75, 3.05) is 7.11 Å². The van der Waals surface area contributed by atoms with Gasteiger partial charge in [-0.25, -0.2) is 4.79 Å². The van der Waals surface area contributed by atoms with E-state index in [1.54, 1.807) is 25.5 Å². The molecule has 0 aliphatic carbocycles.